The molecule has 13 heavy (non-hydrogen) atoms. The molecule has 0 atom stereocenters. The van der Waals surface area contributed by atoms with E-state index in [2.05, 4.69) is 22.6 Å². The number of hydrogen-bond acceptors (Lipinski definition) is 4. The van der Waals surface area contributed by atoms with Gasteiger partial charge in [0, 0.05) is 0 Å². The molecule has 0 aromatic rings. The summed E-state index contributed by atoms with van der Waals surface area (Å²) in [5, 5.41) is 0. The van der Waals surface area contributed by atoms with Gasteiger partial charge in [0.1, 0.15) is 12.4 Å². The zero-order valence-corrected chi connectivity index (χ0v) is 7.65. The molecule has 72 valence electrons. The molecule has 0 heterocycles. The minimum Gasteiger partial charge on any atom is -0.422 e. The van der Waals surface area contributed by atoms with Crippen molar-refractivity contribution < 1.29 is 23.5 Å². The minimum absolute atomic E-state index is 0.822. The molecule has 0 aromatic heterocycles. The van der Waals surface area contributed by atoms with E-state index in [4.69, 9.17) is 0 Å². The summed E-state index contributed by atoms with van der Waals surface area (Å²) < 4.78 is 7.92. The van der Waals surface area contributed by atoms with Gasteiger partial charge in [-0.25, -0.2) is 0 Å². The molecular formula is C8H12NO4+. The lowest BCUT2D eigenvalue weighted by molar-refractivity contribution is -0.672. The van der Waals surface area contributed by atoms with Gasteiger partial charge in [0.05, 0.1) is 14.2 Å². The summed E-state index contributed by atoms with van der Waals surface area (Å²) >= 11 is 0. The van der Waals surface area contributed by atoms with Crippen LogP contribution in [0.15, 0.2) is 25.6 Å². The van der Waals surface area contributed by atoms with E-state index < -0.39 is 16.7 Å². The molecule has 0 radical (unpaired) electrons. The molecule has 0 saturated heterocycles. The number of imide groups is 1. The molecule has 5 heteroatoms. The first kappa shape index (κ1) is 11.4. The Labute approximate surface area is 76.4 Å². The maximum absolute atomic E-state index is 11.2. The van der Waals surface area contributed by atoms with Crippen LogP contribution in [0.5, 0.6) is 0 Å². The predicted octanol–water partition coefficient (Wildman–Crippen LogP) is 1.62. The molecule has 0 aromatic carbocycles. The van der Waals surface area contributed by atoms with Crippen LogP contribution in [0.1, 0.15) is 0 Å². The highest BCUT2D eigenvalue weighted by Gasteiger charge is 2.43. The summed E-state index contributed by atoms with van der Waals surface area (Å²) in [5.74, 6) is 0. The fourth-order valence-electron chi connectivity index (χ4n) is 0.749. The van der Waals surface area contributed by atoms with Crippen molar-refractivity contribution in [1.29, 1.82) is 0 Å². The number of carbonyl (C=O) groups excluding carboxylic acids is 2. The van der Waals surface area contributed by atoms with Crippen molar-refractivity contribution in [2.45, 2.75) is 0 Å². The number of quaternary nitrogens is 1. The lowest BCUT2D eigenvalue weighted by Gasteiger charge is -2.19. The van der Waals surface area contributed by atoms with Crippen molar-refractivity contribution in [2.24, 2.45) is 0 Å². The predicted molar refractivity (Wildman–Crippen MR) is 45.5 cm³/mol. The van der Waals surface area contributed by atoms with Gasteiger partial charge in [-0.1, -0.05) is 4.48 Å². The number of methoxy groups -OCH3 is 2. The molecule has 0 fully saturated rings. The highest BCUT2D eigenvalue weighted by Crippen LogP contribution is 2.13. The van der Waals surface area contributed by atoms with Crippen molar-refractivity contribution >= 4 is 12.2 Å². The molecule has 0 bridgehead atoms. The van der Waals surface area contributed by atoms with Crippen LogP contribution >= 0.6 is 0 Å². The Morgan fingerprint density at radius 3 is 1.54 bits per heavy atom. The van der Waals surface area contributed by atoms with E-state index in [1.54, 1.807) is 0 Å². The summed E-state index contributed by atoms with van der Waals surface area (Å²) in [6.45, 7) is 6.68. The lowest BCUT2D eigenvalue weighted by Crippen LogP contribution is -2.47. The van der Waals surface area contributed by atoms with Gasteiger partial charge in [0.15, 0.2) is 0 Å². The number of carbonyl (C=O) groups is 2. The van der Waals surface area contributed by atoms with Crippen LogP contribution in [0.2, 0.25) is 0 Å². The lowest BCUT2D eigenvalue weighted by atomic mass is 10.5. The van der Waals surface area contributed by atoms with Crippen molar-refractivity contribution in [3.8, 4) is 0 Å². The van der Waals surface area contributed by atoms with Gasteiger partial charge in [-0.15, -0.1) is 0 Å². The quantitative estimate of drug-likeness (QED) is 0.615. The largest absolute Gasteiger partial charge is 0.536 e. The molecule has 0 aliphatic carbocycles. The molecule has 2 amide bonds. The molecule has 0 N–H and O–H groups in total. The van der Waals surface area contributed by atoms with Crippen LogP contribution in [0, 0.1) is 0 Å². The molecule has 0 rings (SSSR count). The maximum Gasteiger partial charge on any atom is 0.536 e. The first-order chi connectivity index (χ1) is 6.08. The molecule has 0 unspecified atom stereocenters. The second-order valence-corrected chi connectivity index (χ2v) is 2.08. The summed E-state index contributed by atoms with van der Waals surface area (Å²) in [6.07, 6.45) is 0.503. The third-order valence-corrected chi connectivity index (χ3v) is 1.53. The van der Waals surface area contributed by atoms with Gasteiger partial charge >= 0.3 is 12.2 Å². The summed E-state index contributed by atoms with van der Waals surface area (Å²) in [5.41, 5.74) is 0. The normalized spacial score (nSPS) is 10.0. The van der Waals surface area contributed by atoms with E-state index >= 15 is 0 Å². The molecule has 5 nitrogen and oxygen atoms in total. The van der Waals surface area contributed by atoms with Gasteiger partial charge in [0.2, 0.25) is 0 Å². The van der Waals surface area contributed by atoms with Crippen LogP contribution in [0.25, 0.3) is 0 Å². The van der Waals surface area contributed by atoms with Crippen molar-refractivity contribution in [2.75, 3.05) is 14.2 Å². The summed E-state index contributed by atoms with van der Waals surface area (Å²) in [7, 11) is 2.32. The van der Waals surface area contributed by atoms with Gasteiger partial charge in [-0.3, -0.25) is 0 Å². The Hall–Kier alpha value is -1.62. The number of nitrogens with zero attached hydrogens (tertiary/aromatic N) is 1. The molecule has 0 aliphatic rings. The van der Waals surface area contributed by atoms with Crippen LogP contribution in [0.4, 0.5) is 9.59 Å². The third kappa shape index (κ3) is 1.75. The Morgan fingerprint density at radius 1 is 1.08 bits per heavy atom. The van der Waals surface area contributed by atoms with Gasteiger partial charge < -0.3 is 9.47 Å². The molecule has 0 spiro atoms. The second kappa shape index (κ2) is 4.42. The van der Waals surface area contributed by atoms with Crippen molar-refractivity contribution in [3.63, 3.8) is 0 Å². The first-order valence-electron chi connectivity index (χ1n) is 3.41. The average Bonchev–Trinajstić information content (AvgIpc) is 2.19. The van der Waals surface area contributed by atoms with Crippen LogP contribution in [-0.2, 0) is 9.47 Å². The SMILES string of the molecule is C=C[N+](C=C)(C(=O)OC)C(=O)OC. The van der Waals surface area contributed by atoms with E-state index in [1.807, 2.05) is 0 Å². The molecule has 0 saturated carbocycles. The zero-order valence-electron chi connectivity index (χ0n) is 7.65. The topological polar surface area (TPSA) is 52.6 Å². The van der Waals surface area contributed by atoms with Crippen molar-refractivity contribution in [3.05, 3.63) is 25.6 Å². The Kier molecular flexibility index (Phi) is 3.87. The number of ether oxygens (including phenoxy) is 2. The Balaban J connectivity index is 5.13. The highest BCUT2D eigenvalue weighted by atomic mass is 16.6. The van der Waals surface area contributed by atoms with Crippen molar-refractivity contribution in [1.82, 2.24) is 0 Å². The average molecular weight is 186 g/mol. The van der Waals surface area contributed by atoms with E-state index in [1.165, 1.54) is 0 Å². The summed E-state index contributed by atoms with van der Waals surface area (Å²) in [4.78, 5) is 22.4. The fraction of sp³-hybridized carbons (Fsp3) is 0.250. The smallest absolute Gasteiger partial charge is 0.422 e. The maximum atomic E-state index is 11.2. The van der Waals surface area contributed by atoms with E-state index in [9.17, 15) is 9.59 Å². The van der Waals surface area contributed by atoms with Gasteiger partial charge in [0.25, 0.3) is 0 Å². The van der Waals surface area contributed by atoms with Gasteiger partial charge in [-0.05, 0) is 13.2 Å². The van der Waals surface area contributed by atoms with Gasteiger partial charge in [-0.2, -0.15) is 9.59 Å². The standard InChI is InChI=1S/C8H12NO4/c1-5-9(6-2,7(10)12-3)8(11)13-4/h5-6H,1-2H2,3-4H3/q+1. The van der Waals surface area contributed by atoms with E-state index in [0.29, 0.717) is 0 Å². The number of rotatable bonds is 2. The van der Waals surface area contributed by atoms with E-state index in [0.717, 1.165) is 26.6 Å². The van der Waals surface area contributed by atoms with Crippen LogP contribution < -0.4 is 0 Å². The zero-order chi connectivity index (χ0) is 10.5. The molecular weight excluding hydrogens is 174 g/mol. The Bertz CT molecular complexity index is 221. The highest BCUT2D eigenvalue weighted by molar-refractivity contribution is 5.77. The third-order valence-electron chi connectivity index (χ3n) is 1.53. The molecule has 0 aliphatic heterocycles. The fourth-order valence-corrected chi connectivity index (χ4v) is 0.749. The van der Waals surface area contributed by atoms with Crippen LogP contribution in [-0.4, -0.2) is 30.9 Å². The second-order valence-electron chi connectivity index (χ2n) is 2.08. The van der Waals surface area contributed by atoms with E-state index in [-0.39, 0.29) is 0 Å². The minimum atomic E-state index is -0.896. The first-order valence-corrected chi connectivity index (χ1v) is 3.41. The Morgan fingerprint density at radius 2 is 1.38 bits per heavy atom. The number of hydrogen-bond donors (Lipinski definition) is 0. The van der Waals surface area contributed by atoms with Crippen LogP contribution in [0.3, 0.4) is 0 Å². The summed E-state index contributed by atoms with van der Waals surface area (Å²) in [6, 6.07) is 0. The number of amides is 2. The monoisotopic (exact) mass is 186 g/mol.